The monoisotopic (exact) mass is 274 g/mol. The maximum absolute atomic E-state index is 5.81. The predicted octanol–water partition coefficient (Wildman–Crippen LogP) is 5.84. The molecule has 0 aliphatic rings. The zero-order valence-corrected chi connectivity index (χ0v) is 14.0. The van der Waals surface area contributed by atoms with Crippen LogP contribution in [0.4, 0.5) is 0 Å². The van der Waals surface area contributed by atoms with Gasteiger partial charge in [-0.15, -0.1) is 0 Å². The molecule has 1 unspecified atom stereocenters. The van der Waals surface area contributed by atoms with Crippen molar-refractivity contribution in [3.8, 4) is 5.75 Å². The van der Waals surface area contributed by atoms with E-state index in [4.69, 9.17) is 4.74 Å². The zero-order chi connectivity index (χ0) is 15.2. The lowest BCUT2D eigenvalue weighted by Gasteiger charge is -2.23. The molecule has 1 atom stereocenters. The van der Waals surface area contributed by atoms with E-state index in [1.165, 1.54) is 11.1 Å². The van der Waals surface area contributed by atoms with Crippen molar-refractivity contribution in [2.45, 2.75) is 65.7 Å². The highest BCUT2D eigenvalue weighted by Gasteiger charge is 2.18. The summed E-state index contributed by atoms with van der Waals surface area (Å²) < 4.78 is 5.81. The van der Waals surface area contributed by atoms with Crippen LogP contribution in [0, 0.1) is 0 Å². The van der Waals surface area contributed by atoms with Gasteiger partial charge < -0.3 is 4.74 Å². The Bertz CT molecular complexity index is 438. The Kier molecular flexibility index (Phi) is 6.32. The topological polar surface area (TPSA) is 9.23 Å². The molecule has 0 saturated carbocycles. The number of benzene rings is 1. The first-order chi connectivity index (χ1) is 9.40. The lowest BCUT2D eigenvalue weighted by atomic mass is 9.84. The fourth-order valence-corrected chi connectivity index (χ4v) is 2.28. The minimum atomic E-state index is 0.179. The molecule has 1 nitrogen and oxygen atoms in total. The normalized spacial score (nSPS) is 13.7. The number of hydrogen-bond donors (Lipinski definition) is 0. The smallest absolute Gasteiger partial charge is 0.122 e. The van der Waals surface area contributed by atoms with Crippen molar-refractivity contribution in [2.75, 3.05) is 6.61 Å². The highest BCUT2D eigenvalue weighted by Crippen LogP contribution is 2.34. The number of rotatable bonds is 6. The van der Waals surface area contributed by atoms with E-state index in [1.807, 2.05) is 6.92 Å². The fraction of sp³-hybridized carbons (Fsp3) is 0.579. The predicted molar refractivity (Wildman–Crippen MR) is 88.8 cm³/mol. The van der Waals surface area contributed by atoms with Gasteiger partial charge in [0.05, 0.1) is 6.61 Å². The Balaban J connectivity index is 3.07. The molecular weight excluding hydrogens is 244 g/mol. The van der Waals surface area contributed by atoms with Gasteiger partial charge in [-0.2, -0.15) is 0 Å². The molecule has 1 aromatic carbocycles. The first-order valence-electron chi connectivity index (χ1n) is 7.82. The van der Waals surface area contributed by atoms with Gasteiger partial charge in [0.2, 0.25) is 0 Å². The van der Waals surface area contributed by atoms with Crippen LogP contribution in [0.1, 0.15) is 71.4 Å². The molecule has 0 aromatic heterocycles. The lowest BCUT2D eigenvalue weighted by molar-refractivity contribution is 0.334. The third-order valence-corrected chi connectivity index (χ3v) is 3.60. The molecule has 0 aliphatic heterocycles. The molecule has 0 fully saturated rings. The van der Waals surface area contributed by atoms with E-state index >= 15 is 0 Å². The zero-order valence-electron chi connectivity index (χ0n) is 14.0. The highest BCUT2D eigenvalue weighted by atomic mass is 16.5. The second kappa shape index (κ2) is 7.52. The van der Waals surface area contributed by atoms with Gasteiger partial charge in [-0.25, -0.2) is 0 Å². The van der Waals surface area contributed by atoms with Gasteiger partial charge in [0, 0.05) is 0 Å². The standard InChI is InChI=1S/C19H30O/c1-7-9-10-11-15(3)17-14-16(19(4,5)6)12-13-18(17)20-8-2/h9-10,12-15H,7-8,11H2,1-6H3/b10-9-. The second-order valence-electron chi connectivity index (χ2n) is 6.45. The van der Waals surface area contributed by atoms with Crippen molar-refractivity contribution in [1.82, 2.24) is 0 Å². The molecule has 0 N–H and O–H groups in total. The molecule has 0 spiro atoms. The minimum absolute atomic E-state index is 0.179. The van der Waals surface area contributed by atoms with Crippen LogP contribution in [0.5, 0.6) is 5.75 Å². The third-order valence-electron chi connectivity index (χ3n) is 3.60. The molecule has 0 saturated heterocycles. The lowest BCUT2D eigenvalue weighted by Crippen LogP contribution is -2.12. The number of hydrogen-bond acceptors (Lipinski definition) is 1. The quantitative estimate of drug-likeness (QED) is 0.592. The van der Waals surface area contributed by atoms with Gasteiger partial charge >= 0.3 is 0 Å². The maximum Gasteiger partial charge on any atom is 0.122 e. The summed E-state index contributed by atoms with van der Waals surface area (Å²) in [5.41, 5.74) is 2.89. The molecule has 0 bridgehead atoms. The Labute approximate surface area is 125 Å². The van der Waals surface area contributed by atoms with Gasteiger partial charge in [-0.3, -0.25) is 0 Å². The minimum Gasteiger partial charge on any atom is -0.494 e. The van der Waals surface area contributed by atoms with Crippen LogP contribution in [0.2, 0.25) is 0 Å². The summed E-state index contributed by atoms with van der Waals surface area (Å²) in [6.45, 7) is 14.0. The molecule has 1 heteroatoms. The van der Waals surface area contributed by atoms with Crippen LogP contribution < -0.4 is 4.74 Å². The summed E-state index contributed by atoms with van der Waals surface area (Å²) in [5, 5.41) is 0. The average molecular weight is 274 g/mol. The molecule has 1 aromatic rings. The average Bonchev–Trinajstić information content (AvgIpc) is 2.38. The summed E-state index contributed by atoms with van der Waals surface area (Å²) >= 11 is 0. The molecule has 0 amide bonds. The Hall–Kier alpha value is -1.24. The molecule has 0 radical (unpaired) electrons. The van der Waals surface area contributed by atoms with Crippen molar-refractivity contribution < 1.29 is 4.74 Å². The maximum atomic E-state index is 5.81. The Morgan fingerprint density at radius 2 is 1.85 bits per heavy atom. The van der Waals surface area contributed by atoms with Crippen molar-refractivity contribution in [3.05, 3.63) is 41.5 Å². The van der Waals surface area contributed by atoms with Gasteiger partial charge in [0.25, 0.3) is 0 Å². The first kappa shape index (κ1) is 16.8. The van der Waals surface area contributed by atoms with E-state index in [-0.39, 0.29) is 5.41 Å². The summed E-state index contributed by atoms with van der Waals surface area (Å²) in [6, 6.07) is 6.66. The molecule has 20 heavy (non-hydrogen) atoms. The van der Waals surface area contributed by atoms with Crippen molar-refractivity contribution in [1.29, 1.82) is 0 Å². The van der Waals surface area contributed by atoms with E-state index < -0.39 is 0 Å². The van der Waals surface area contributed by atoms with Crippen molar-refractivity contribution >= 4 is 0 Å². The van der Waals surface area contributed by atoms with Crippen molar-refractivity contribution in [3.63, 3.8) is 0 Å². The van der Waals surface area contributed by atoms with E-state index in [1.54, 1.807) is 0 Å². The molecule has 0 heterocycles. The molecule has 0 aliphatic carbocycles. The van der Waals surface area contributed by atoms with Gasteiger partial charge in [0.15, 0.2) is 0 Å². The summed E-state index contributed by atoms with van der Waals surface area (Å²) in [5.74, 6) is 1.53. The van der Waals surface area contributed by atoms with E-state index in [9.17, 15) is 0 Å². The van der Waals surface area contributed by atoms with Crippen molar-refractivity contribution in [2.24, 2.45) is 0 Å². The highest BCUT2D eigenvalue weighted by molar-refractivity contribution is 5.42. The molecular formula is C19H30O. The van der Waals surface area contributed by atoms with Crippen LogP contribution in [0.3, 0.4) is 0 Å². The van der Waals surface area contributed by atoms with E-state index in [0.29, 0.717) is 5.92 Å². The summed E-state index contributed by atoms with van der Waals surface area (Å²) in [6.07, 6.45) is 6.70. The van der Waals surface area contributed by atoms with E-state index in [0.717, 1.165) is 25.2 Å². The Morgan fingerprint density at radius 3 is 2.40 bits per heavy atom. The third kappa shape index (κ3) is 4.70. The largest absolute Gasteiger partial charge is 0.494 e. The van der Waals surface area contributed by atoms with Gasteiger partial charge in [0.1, 0.15) is 5.75 Å². The fourth-order valence-electron chi connectivity index (χ4n) is 2.28. The second-order valence-corrected chi connectivity index (χ2v) is 6.45. The van der Waals surface area contributed by atoms with Gasteiger partial charge in [-0.05, 0) is 48.3 Å². The summed E-state index contributed by atoms with van der Waals surface area (Å²) in [7, 11) is 0. The number of allylic oxidation sites excluding steroid dienone is 2. The first-order valence-corrected chi connectivity index (χ1v) is 7.82. The van der Waals surface area contributed by atoms with Crippen LogP contribution >= 0.6 is 0 Å². The molecule has 1 rings (SSSR count). The molecule has 112 valence electrons. The van der Waals surface area contributed by atoms with Gasteiger partial charge in [-0.1, -0.05) is 58.9 Å². The van der Waals surface area contributed by atoms with E-state index in [2.05, 4.69) is 65.0 Å². The van der Waals surface area contributed by atoms with Crippen LogP contribution in [0.15, 0.2) is 30.4 Å². The van der Waals surface area contributed by atoms with Crippen LogP contribution in [0.25, 0.3) is 0 Å². The van der Waals surface area contributed by atoms with Crippen LogP contribution in [-0.2, 0) is 5.41 Å². The summed E-state index contributed by atoms with van der Waals surface area (Å²) in [4.78, 5) is 0. The SMILES string of the molecule is CC/C=C\CC(C)c1cc(C(C)(C)C)ccc1OCC. The Morgan fingerprint density at radius 1 is 1.15 bits per heavy atom. The van der Waals surface area contributed by atoms with Crippen LogP contribution in [-0.4, -0.2) is 6.61 Å². The number of ether oxygens (including phenoxy) is 1.